The van der Waals surface area contributed by atoms with Gasteiger partial charge in [0.2, 0.25) is 5.89 Å². The Morgan fingerprint density at radius 3 is 1.04 bits per heavy atom. The molecule has 71 heavy (non-hydrogen) atoms. The summed E-state index contributed by atoms with van der Waals surface area (Å²) in [4.78, 5) is 5.63. The van der Waals surface area contributed by atoms with Crippen LogP contribution in [0.15, 0.2) is 277 Å². The lowest BCUT2D eigenvalue weighted by molar-refractivity contribution is 0.621. The van der Waals surface area contributed by atoms with Crippen molar-refractivity contribution in [1.29, 1.82) is 0 Å². The van der Waals surface area contributed by atoms with E-state index in [0.29, 0.717) is 5.89 Å². The van der Waals surface area contributed by atoms with Gasteiger partial charge in [0.1, 0.15) is 5.52 Å². The molecule has 0 unspecified atom stereocenters. The molecule has 0 atom stereocenters. The SMILES string of the molecule is c1ccc(-c2ccc(-c3nc4c(-c5ccc(-c6ccccc6)cc5)c(-c5ccc(-c6ccccc6)cc5)c(-c5cc6ccccc6c6ccccc56)c(-c5ccc(-c6ccccc6)cc5)c4o3)cc2)cc1. The minimum atomic E-state index is 0.565. The molecule has 0 saturated carbocycles. The van der Waals surface area contributed by atoms with Crippen molar-refractivity contribution >= 4 is 32.6 Å². The van der Waals surface area contributed by atoms with Gasteiger partial charge in [-0.15, -0.1) is 0 Å². The summed E-state index contributed by atoms with van der Waals surface area (Å²) in [6, 6.07) is 98.0. The number of oxazole rings is 1. The number of nitrogens with zero attached hydrogens (tertiary/aromatic N) is 1. The Morgan fingerprint density at radius 1 is 0.239 bits per heavy atom. The van der Waals surface area contributed by atoms with Crippen molar-refractivity contribution in [3.05, 3.63) is 273 Å². The zero-order valence-corrected chi connectivity index (χ0v) is 38.8. The third-order valence-corrected chi connectivity index (χ3v) is 14.0. The summed E-state index contributed by atoms with van der Waals surface area (Å²) in [6.07, 6.45) is 0. The van der Waals surface area contributed by atoms with Gasteiger partial charge in [0.25, 0.3) is 0 Å². The summed E-state index contributed by atoms with van der Waals surface area (Å²) < 4.78 is 7.37. The van der Waals surface area contributed by atoms with Gasteiger partial charge in [0.05, 0.1) is 0 Å². The van der Waals surface area contributed by atoms with Crippen LogP contribution in [0.3, 0.4) is 0 Å². The zero-order valence-electron chi connectivity index (χ0n) is 38.8. The summed E-state index contributed by atoms with van der Waals surface area (Å²) in [5.41, 5.74) is 20.2. The van der Waals surface area contributed by atoms with Crippen LogP contribution >= 0.6 is 0 Å². The molecular formula is C69H45NO. The van der Waals surface area contributed by atoms with E-state index in [4.69, 9.17) is 9.40 Å². The fraction of sp³-hybridized carbons (Fsp3) is 0. The molecule has 0 saturated heterocycles. The summed E-state index contributed by atoms with van der Waals surface area (Å²) in [5, 5.41) is 4.74. The average Bonchev–Trinajstić information content (AvgIpc) is 3.91. The molecule has 0 aliphatic heterocycles. The van der Waals surface area contributed by atoms with Crippen LogP contribution in [-0.2, 0) is 0 Å². The van der Waals surface area contributed by atoms with Crippen molar-refractivity contribution in [3.63, 3.8) is 0 Å². The summed E-state index contributed by atoms with van der Waals surface area (Å²) in [6.45, 7) is 0. The molecule has 0 amide bonds. The van der Waals surface area contributed by atoms with Gasteiger partial charge >= 0.3 is 0 Å². The number of benzene rings is 12. The number of fused-ring (bicyclic) bond motifs is 4. The predicted molar refractivity (Wildman–Crippen MR) is 298 cm³/mol. The molecule has 0 fully saturated rings. The smallest absolute Gasteiger partial charge is 0.227 e. The largest absolute Gasteiger partial charge is 0.435 e. The lowest BCUT2D eigenvalue weighted by atomic mass is 9.79. The van der Waals surface area contributed by atoms with E-state index in [0.717, 1.165) is 94.4 Å². The molecule has 12 aromatic carbocycles. The van der Waals surface area contributed by atoms with Crippen molar-refractivity contribution in [2.24, 2.45) is 0 Å². The molecule has 13 rings (SSSR count). The maximum atomic E-state index is 7.37. The molecule has 0 spiro atoms. The highest BCUT2D eigenvalue weighted by Crippen LogP contribution is 2.54. The van der Waals surface area contributed by atoms with Crippen molar-refractivity contribution in [3.8, 4) is 100 Å². The Bertz CT molecular complexity index is 4010. The first-order chi connectivity index (χ1) is 35.2. The Kier molecular flexibility index (Phi) is 10.6. The molecule has 0 bridgehead atoms. The quantitative estimate of drug-likeness (QED) is 0.135. The maximum Gasteiger partial charge on any atom is 0.227 e. The molecule has 0 aliphatic rings. The highest BCUT2D eigenvalue weighted by atomic mass is 16.3. The van der Waals surface area contributed by atoms with Crippen LogP contribution in [0, 0.1) is 0 Å². The molecule has 1 heterocycles. The van der Waals surface area contributed by atoms with Gasteiger partial charge in [-0.3, -0.25) is 0 Å². The molecule has 13 aromatic rings. The summed E-state index contributed by atoms with van der Waals surface area (Å²) >= 11 is 0. The monoisotopic (exact) mass is 903 g/mol. The van der Waals surface area contributed by atoms with E-state index in [1.165, 1.54) is 32.8 Å². The van der Waals surface area contributed by atoms with E-state index in [9.17, 15) is 0 Å². The normalized spacial score (nSPS) is 11.4. The number of hydrogen-bond acceptors (Lipinski definition) is 2. The molecule has 1 aromatic heterocycles. The van der Waals surface area contributed by atoms with Crippen molar-refractivity contribution in [2.45, 2.75) is 0 Å². The van der Waals surface area contributed by atoms with Gasteiger partial charge in [0.15, 0.2) is 5.58 Å². The minimum Gasteiger partial charge on any atom is -0.435 e. The van der Waals surface area contributed by atoms with Gasteiger partial charge in [0, 0.05) is 27.8 Å². The Balaban J connectivity index is 1.17. The molecule has 0 radical (unpaired) electrons. The lowest BCUT2D eigenvalue weighted by Crippen LogP contribution is -1.98. The van der Waals surface area contributed by atoms with Gasteiger partial charge in [-0.2, -0.15) is 0 Å². The van der Waals surface area contributed by atoms with Crippen LogP contribution in [0.5, 0.6) is 0 Å². The van der Waals surface area contributed by atoms with Gasteiger partial charge in [-0.1, -0.05) is 255 Å². The van der Waals surface area contributed by atoms with Crippen LogP contribution in [0.4, 0.5) is 0 Å². The fourth-order valence-electron chi connectivity index (χ4n) is 10.5. The van der Waals surface area contributed by atoms with E-state index in [1.807, 2.05) is 0 Å². The second-order valence-electron chi connectivity index (χ2n) is 18.2. The third kappa shape index (κ3) is 7.69. The minimum absolute atomic E-state index is 0.565. The predicted octanol–water partition coefficient (Wildman–Crippen LogP) is 19.1. The van der Waals surface area contributed by atoms with Crippen LogP contribution in [-0.4, -0.2) is 4.98 Å². The van der Waals surface area contributed by atoms with Crippen molar-refractivity contribution < 1.29 is 4.42 Å². The topological polar surface area (TPSA) is 26.0 Å². The van der Waals surface area contributed by atoms with E-state index < -0.39 is 0 Å². The van der Waals surface area contributed by atoms with Gasteiger partial charge < -0.3 is 4.42 Å². The first kappa shape index (κ1) is 41.8. The maximum absolute atomic E-state index is 7.37. The van der Waals surface area contributed by atoms with E-state index in [1.54, 1.807) is 0 Å². The number of hydrogen-bond donors (Lipinski definition) is 0. The standard InChI is InChI=1S/C69H45NO/c1-5-17-46(18-6-1)50-29-37-54(38-30-50)63-64(55-39-31-51(32-40-55)47-19-7-2-8-20-47)67-68(71-69(70-67)57-43-35-53(36-44-57)49-23-11-4-12-24-49)65(56-41-33-52(34-42-56)48-21-9-3-10-22-48)66(63)62-45-58-25-13-14-26-59(58)60-27-15-16-28-61(60)62/h1-45H. The van der Waals surface area contributed by atoms with E-state index in [-0.39, 0.29) is 0 Å². The second kappa shape index (κ2) is 17.9. The summed E-state index contributed by atoms with van der Waals surface area (Å²) in [5.74, 6) is 0.565. The summed E-state index contributed by atoms with van der Waals surface area (Å²) in [7, 11) is 0. The molecule has 332 valence electrons. The van der Waals surface area contributed by atoms with Crippen LogP contribution in [0.1, 0.15) is 0 Å². The number of rotatable bonds is 9. The van der Waals surface area contributed by atoms with Crippen LogP contribution < -0.4 is 0 Å². The average molecular weight is 904 g/mol. The van der Waals surface area contributed by atoms with Crippen molar-refractivity contribution in [2.75, 3.05) is 0 Å². The van der Waals surface area contributed by atoms with Crippen molar-refractivity contribution in [1.82, 2.24) is 4.98 Å². The molecular weight excluding hydrogens is 859 g/mol. The Labute approximate surface area is 413 Å². The Hall–Kier alpha value is -9.37. The van der Waals surface area contributed by atoms with Gasteiger partial charge in [-0.05, 0) is 107 Å². The fourth-order valence-corrected chi connectivity index (χ4v) is 10.5. The highest BCUT2D eigenvalue weighted by molar-refractivity contribution is 6.22. The highest BCUT2D eigenvalue weighted by Gasteiger charge is 2.29. The van der Waals surface area contributed by atoms with Crippen LogP contribution in [0.25, 0.3) is 133 Å². The molecule has 2 heteroatoms. The van der Waals surface area contributed by atoms with E-state index in [2.05, 4.69) is 273 Å². The first-order valence-electron chi connectivity index (χ1n) is 24.3. The lowest BCUT2D eigenvalue weighted by Gasteiger charge is -2.23. The molecule has 0 N–H and O–H groups in total. The first-order valence-corrected chi connectivity index (χ1v) is 24.3. The number of aromatic nitrogens is 1. The van der Waals surface area contributed by atoms with E-state index >= 15 is 0 Å². The second-order valence-corrected chi connectivity index (χ2v) is 18.2. The third-order valence-electron chi connectivity index (χ3n) is 14.0. The van der Waals surface area contributed by atoms with Crippen LogP contribution in [0.2, 0.25) is 0 Å². The Morgan fingerprint density at radius 2 is 0.577 bits per heavy atom. The molecule has 0 aliphatic carbocycles. The van der Waals surface area contributed by atoms with Gasteiger partial charge in [-0.25, -0.2) is 4.98 Å². The molecule has 2 nitrogen and oxygen atoms in total. The zero-order chi connectivity index (χ0) is 47.1.